The summed E-state index contributed by atoms with van der Waals surface area (Å²) in [5.74, 6) is 2.67. The normalized spacial score (nSPS) is 13.2. The number of aryl methyl sites for hydroxylation is 1. The molecule has 0 saturated carbocycles. The highest BCUT2D eigenvalue weighted by molar-refractivity contribution is 6.32. The van der Waals surface area contributed by atoms with E-state index in [9.17, 15) is 4.79 Å². The fourth-order valence-corrected chi connectivity index (χ4v) is 6.38. The predicted molar refractivity (Wildman–Crippen MR) is 208 cm³/mol. The summed E-state index contributed by atoms with van der Waals surface area (Å²) in [6, 6.07) is 31.4. The van der Waals surface area contributed by atoms with E-state index < -0.39 is 0 Å². The van der Waals surface area contributed by atoms with Gasteiger partial charge in [0.15, 0.2) is 0 Å². The first-order chi connectivity index (χ1) is 25.1. The van der Waals surface area contributed by atoms with E-state index in [-0.39, 0.29) is 5.91 Å². The minimum atomic E-state index is -0.0928. The molecule has 1 amide bonds. The Morgan fingerprint density at radius 1 is 0.808 bits per heavy atom. The monoisotopic (exact) mass is 735 g/mol. The molecule has 0 N–H and O–H groups in total. The summed E-state index contributed by atoms with van der Waals surface area (Å²) in [6.45, 7) is 14.9. The molecule has 7 nitrogen and oxygen atoms in total. The zero-order valence-corrected chi connectivity index (χ0v) is 31.3. The van der Waals surface area contributed by atoms with Gasteiger partial charge in [-0.05, 0) is 77.1 Å². The van der Waals surface area contributed by atoms with Crippen LogP contribution >= 0.6 is 23.2 Å². The first-order valence-electron chi connectivity index (χ1n) is 17.4. The Morgan fingerprint density at radius 3 is 2.15 bits per heavy atom. The lowest BCUT2D eigenvalue weighted by Gasteiger charge is -2.35. The number of hydrogen-bond donors (Lipinski definition) is 0. The van der Waals surface area contributed by atoms with Crippen molar-refractivity contribution in [3.63, 3.8) is 0 Å². The van der Waals surface area contributed by atoms with E-state index in [2.05, 4.69) is 66.7 Å². The summed E-state index contributed by atoms with van der Waals surface area (Å²) in [4.78, 5) is 22.1. The number of aromatic nitrogens is 1. The smallest absolute Gasteiger partial charge is 0.253 e. The topological polar surface area (TPSA) is 64.1 Å². The average molecular weight is 737 g/mol. The lowest BCUT2D eigenvalue weighted by atomic mass is 10.00. The lowest BCUT2D eigenvalue weighted by Crippen LogP contribution is -2.48. The molecule has 1 saturated heterocycles. The lowest BCUT2D eigenvalue weighted by molar-refractivity contribution is -0.126. The highest BCUT2D eigenvalue weighted by atomic mass is 35.5. The second-order valence-corrected chi connectivity index (χ2v) is 14.1. The number of halogens is 2. The quantitative estimate of drug-likeness (QED) is 0.112. The Morgan fingerprint density at radius 2 is 1.48 bits per heavy atom. The Hall–Kier alpha value is -4.82. The van der Waals surface area contributed by atoms with Crippen LogP contribution in [0.3, 0.4) is 0 Å². The van der Waals surface area contributed by atoms with E-state index in [4.69, 9.17) is 37.4 Å². The van der Waals surface area contributed by atoms with Crippen molar-refractivity contribution < 1.29 is 19.0 Å². The second-order valence-electron chi connectivity index (χ2n) is 13.3. The van der Waals surface area contributed by atoms with Crippen LogP contribution in [0, 0.1) is 6.92 Å². The third-order valence-corrected chi connectivity index (χ3v) is 9.84. The molecular weight excluding hydrogens is 693 g/mol. The molecule has 1 aliphatic rings. The minimum Gasteiger partial charge on any atom is -0.489 e. The SMILES string of the molecule is C=C(C(=O)N1CCN(Cc2ccc(COc3ccc(C(C)C)cc3)cc2)CC1)c1cc(Cl)c(Oc2ccc(OCc3ccccc3Cl)cn2)cc1C. The summed E-state index contributed by atoms with van der Waals surface area (Å²) >= 11 is 12.9. The molecule has 268 valence electrons. The molecule has 1 aromatic heterocycles. The van der Waals surface area contributed by atoms with Crippen LogP contribution in [0.5, 0.6) is 23.1 Å². The van der Waals surface area contributed by atoms with Gasteiger partial charge in [-0.15, -0.1) is 0 Å². The maximum absolute atomic E-state index is 13.5. The zero-order valence-electron chi connectivity index (χ0n) is 29.8. The van der Waals surface area contributed by atoms with Gasteiger partial charge in [-0.3, -0.25) is 9.69 Å². The van der Waals surface area contributed by atoms with Crippen LogP contribution in [-0.4, -0.2) is 46.9 Å². The van der Waals surface area contributed by atoms with Gasteiger partial charge < -0.3 is 19.1 Å². The number of amides is 1. The summed E-state index contributed by atoms with van der Waals surface area (Å²) in [5, 5.41) is 1.01. The average Bonchev–Trinajstić information content (AvgIpc) is 3.16. The van der Waals surface area contributed by atoms with Crippen LogP contribution in [0.15, 0.2) is 110 Å². The van der Waals surface area contributed by atoms with Gasteiger partial charge in [0.25, 0.3) is 5.91 Å². The van der Waals surface area contributed by atoms with Gasteiger partial charge in [0.05, 0.1) is 11.2 Å². The number of carbonyl (C=O) groups is 1. The zero-order chi connectivity index (χ0) is 36.6. The van der Waals surface area contributed by atoms with E-state index >= 15 is 0 Å². The molecule has 6 rings (SSSR count). The summed E-state index contributed by atoms with van der Waals surface area (Å²) in [5.41, 5.74) is 6.48. The van der Waals surface area contributed by atoms with Gasteiger partial charge in [-0.25, -0.2) is 4.98 Å². The highest BCUT2D eigenvalue weighted by Gasteiger charge is 2.25. The van der Waals surface area contributed by atoms with Gasteiger partial charge in [0, 0.05) is 54.9 Å². The Kier molecular flexibility index (Phi) is 12.2. The maximum Gasteiger partial charge on any atom is 0.253 e. The van der Waals surface area contributed by atoms with Crippen molar-refractivity contribution in [1.29, 1.82) is 0 Å². The molecule has 0 spiro atoms. The van der Waals surface area contributed by atoms with Gasteiger partial charge in [0.2, 0.25) is 5.88 Å². The Bertz CT molecular complexity index is 1990. The van der Waals surface area contributed by atoms with Gasteiger partial charge in [-0.1, -0.05) is 98.2 Å². The fourth-order valence-electron chi connectivity index (χ4n) is 5.99. The highest BCUT2D eigenvalue weighted by Crippen LogP contribution is 2.34. The van der Waals surface area contributed by atoms with Crippen LogP contribution in [0.2, 0.25) is 10.0 Å². The largest absolute Gasteiger partial charge is 0.489 e. The predicted octanol–water partition coefficient (Wildman–Crippen LogP) is 10.1. The van der Waals surface area contributed by atoms with Crippen molar-refractivity contribution in [1.82, 2.24) is 14.8 Å². The van der Waals surface area contributed by atoms with Crippen molar-refractivity contribution in [3.8, 4) is 23.1 Å². The number of carbonyl (C=O) groups excluding carboxylic acids is 1. The molecule has 0 bridgehead atoms. The molecule has 9 heteroatoms. The van der Waals surface area contributed by atoms with Crippen molar-refractivity contribution >= 4 is 34.7 Å². The third-order valence-electron chi connectivity index (χ3n) is 9.18. The summed E-state index contributed by atoms with van der Waals surface area (Å²) in [6.07, 6.45) is 1.59. The van der Waals surface area contributed by atoms with Crippen molar-refractivity contribution in [2.45, 2.75) is 46.4 Å². The number of benzene rings is 4. The Labute approximate surface area is 316 Å². The van der Waals surface area contributed by atoms with Crippen LogP contribution < -0.4 is 14.2 Å². The molecule has 1 fully saturated rings. The van der Waals surface area contributed by atoms with Crippen molar-refractivity contribution in [2.24, 2.45) is 0 Å². The molecule has 0 unspecified atom stereocenters. The molecule has 1 aliphatic heterocycles. The molecule has 0 aliphatic carbocycles. The first kappa shape index (κ1) is 37.0. The standard InChI is InChI=1S/C43H43Cl2N3O4/c1-29(2)34-13-15-36(16-14-34)50-27-33-11-9-32(10-12-33)26-47-19-21-48(22-20-47)43(49)31(4)38-24-40(45)41(23-30(38)3)52-42-18-17-37(25-46-42)51-28-35-7-5-6-8-39(35)44/h5-18,23-25,29H,4,19-22,26-28H2,1-3H3. The molecule has 2 heterocycles. The third kappa shape index (κ3) is 9.53. The molecule has 0 radical (unpaired) electrons. The molecule has 5 aromatic rings. The number of ether oxygens (including phenoxy) is 3. The maximum atomic E-state index is 13.5. The van der Waals surface area contributed by atoms with Crippen LogP contribution in [0.4, 0.5) is 0 Å². The van der Waals surface area contributed by atoms with Gasteiger partial charge in [-0.2, -0.15) is 0 Å². The van der Waals surface area contributed by atoms with Crippen LogP contribution in [-0.2, 0) is 24.6 Å². The van der Waals surface area contributed by atoms with E-state index in [0.29, 0.717) is 70.8 Å². The number of rotatable bonds is 13. The van der Waals surface area contributed by atoms with Crippen molar-refractivity contribution in [3.05, 3.63) is 153 Å². The van der Waals surface area contributed by atoms with Crippen molar-refractivity contribution in [2.75, 3.05) is 26.2 Å². The molecular formula is C43H43Cl2N3O4. The van der Waals surface area contributed by atoms with Gasteiger partial charge >= 0.3 is 0 Å². The van der Waals surface area contributed by atoms with E-state index in [1.54, 1.807) is 30.5 Å². The summed E-state index contributed by atoms with van der Waals surface area (Å²) in [7, 11) is 0. The second kappa shape index (κ2) is 17.1. The molecule has 4 aromatic carbocycles. The van der Waals surface area contributed by atoms with E-state index in [1.165, 1.54) is 11.1 Å². The van der Waals surface area contributed by atoms with E-state index in [0.717, 1.165) is 42.1 Å². The summed E-state index contributed by atoms with van der Waals surface area (Å²) < 4.78 is 17.8. The van der Waals surface area contributed by atoms with E-state index in [1.807, 2.05) is 48.2 Å². The molecule has 0 atom stereocenters. The fraction of sp³-hybridized carbons (Fsp3) is 0.256. The number of piperazine rings is 1. The number of pyridine rings is 1. The number of hydrogen-bond acceptors (Lipinski definition) is 6. The van der Waals surface area contributed by atoms with Crippen LogP contribution in [0.25, 0.3) is 5.57 Å². The first-order valence-corrected chi connectivity index (χ1v) is 18.2. The minimum absolute atomic E-state index is 0.0928. The van der Waals surface area contributed by atoms with Crippen LogP contribution in [0.1, 0.15) is 53.1 Å². The van der Waals surface area contributed by atoms with Gasteiger partial charge in [0.1, 0.15) is 30.5 Å². The molecule has 52 heavy (non-hydrogen) atoms. The number of nitrogens with zero attached hydrogens (tertiary/aromatic N) is 3. The Balaban J connectivity index is 0.966.